The van der Waals surface area contributed by atoms with Gasteiger partial charge >= 0.3 is 11.9 Å². The number of carbonyl (C=O) groups is 2. The fourth-order valence-corrected chi connectivity index (χ4v) is 1.56. The molecule has 0 aromatic carbocycles. The van der Waals surface area contributed by atoms with Crippen molar-refractivity contribution in [2.75, 3.05) is 0 Å². The van der Waals surface area contributed by atoms with E-state index in [1.165, 1.54) is 12.3 Å². The summed E-state index contributed by atoms with van der Waals surface area (Å²) in [7, 11) is 0. The molecule has 17 heavy (non-hydrogen) atoms. The Morgan fingerprint density at radius 3 is 2.71 bits per heavy atom. The minimum Gasteiger partial charge on any atom is -0.457 e. The van der Waals surface area contributed by atoms with Crippen LogP contribution in [-0.4, -0.2) is 11.9 Å². The van der Waals surface area contributed by atoms with Gasteiger partial charge in [0, 0.05) is 0 Å². The summed E-state index contributed by atoms with van der Waals surface area (Å²) in [5.74, 6) is -1.31. The highest BCUT2D eigenvalue weighted by atomic mass is 16.6. The lowest BCUT2D eigenvalue weighted by Crippen LogP contribution is -2.20. The van der Waals surface area contributed by atoms with Crippen LogP contribution in [0.3, 0.4) is 0 Å². The van der Waals surface area contributed by atoms with Gasteiger partial charge in [-0.3, -0.25) is 4.79 Å². The average Bonchev–Trinajstić information content (AvgIpc) is 2.83. The smallest absolute Gasteiger partial charge is 0.381 e. The minimum absolute atomic E-state index is 0.0590. The minimum atomic E-state index is -0.713. The number of furan rings is 1. The normalized spacial score (nSPS) is 12.1. The average molecular weight is 238 g/mol. The Hall–Kier alpha value is -1.58. The van der Waals surface area contributed by atoms with Crippen LogP contribution in [0.5, 0.6) is 0 Å². The van der Waals surface area contributed by atoms with E-state index in [-0.39, 0.29) is 11.7 Å². The molecule has 4 nitrogen and oxygen atoms in total. The van der Waals surface area contributed by atoms with E-state index in [1.807, 2.05) is 6.92 Å². The first-order valence-corrected chi connectivity index (χ1v) is 5.98. The van der Waals surface area contributed by atoms with Crippen LogP contribution >= 0.6 is 0 Å². The third-order valence-electron chi connectivity index (χ3n) is 2.65. The first-order chi connectivity index (χ1) is 8.19. The van der Waals surface area contributed by atoms with Crippen molar-refractivity contribution < 1.29 is 18.7 Å². The SMILES string of the molecule is CCCCC(CC)C(=O)OC(=O)c1ccco1. The molecule has 0 fully saturated rings. The lowest BCUT2D eigenvalue weighted by atomic mass is 10.00. The van der Waals surface area contributed by atoms with E-state index in [4.69, 9.17) is 9.15 Å². The fraction of sp³-hybridized carbons (Fsp3) is 0.538. The topological polar surface area (TPSA) is 56.5 Å². The van der Waals surface area contributed by atoms with Crippen molar-refractivity contribution in [2.24, 2.45) is 5.92 Å². The van der Waals surface area contributed by atoms with Crippen LogP contribution in [0.4, 0.5) is 0 Å². The Balaban J connectivity index is 2.49. The summed E-state index contributed by atoms with van der Waals surface area (Å²) < 4.78 is 9.64. The van der Waals surface area contributed by atoms with E-state index in [1.54, 1.807) is 6.07 Å². The number of ether oxygens (including phenoxy) is 1. The van der Waals surface area contributed by atoms with Gasteiger partial charge in [0.25, 0.3) is 0 Å². The highest BCUT2D eigenvalue weighted by Crippen LogP contribution is 2.15. The van der Waals surface area contributed by atoms with E-state index in [0.717, 1.165) is 19.3 Å². The number of rotatable bonds is 6. The van der Waals surface area contributed by atoms with Crippen molar-refractivity contribution >= 4 is 11.9 Å². The largest absolute Gasteiger partial charge is 0.457 e. The molecule has 0 bridgehead atoms. The third kappa shape index (κ3) is 4.06. The lowest BCUT2D eigenvalue weighted by molar-refractivity contribution is -0.143. The Labute approximate surface area is 101 Å². The first-order valence-electron chi connectivity index (χ1n) is 5.98. The van der Waals surface area contributed by atoms with E-state index in [2.05, 4.69) is 6.92 Å². The van der Waals surface area contributed by atoms with Gasteiger partial charge in [-0.25, -0.2) is 4.79 Å². The second-order valence-electron chi connectivity index (χ2n) is 3.93. The van der Waals surface area contributed by atoms with Crippen molar-refractivity contribution in [1.82, 2.24) is 0 Å². The third-order valence-corrected chi connectivity index (χ3v) is 2.65. The molecule has 1 rings (SSSR count). The molecule has 0 N–H and O–H groups in total. The molecule has 0 aliphatic rings. The molecule has 1 atom stereocenters. The molecular formula is C13H18O4. The molecule has 94 valence electrons. The quantitative estimate of drug-likeness (QED) is 0.564. The molecule has 0 aliphatic heterocycles. The molecule has 0 amide bonds. The van der Waals surface area contributed by atoms with Gasteiger partial charge in [0.15, 0.2) is 0 Å². The van der Waals surface area contributed by atoms with Crippen molar-refractivity contribution in [3.05, 3.63) is 24.2 Å². The number of esters is 2. The van der Waals surface area contributed by atoms with Gasteiger partial charge in [0.05, 0.1) is 12.2 Å². The number of hydrogen-bond acceptors (Lipinski definition) is 4. The fourth-order valence-electron chi connectivity index (χ4n) is 1.56. The van der Waals surface area contributed by atoms with Gasteiger partial charge in [0.2, 0.25) is 5.76 Å². The summed E-state index contributed by atoms with van der Waals surface area (Å²) in [6.45, 7) is 3.98. The zero-order valence-corrected chi connectivity index (χ0v) is 10.3. The first kappa shape index (κ1) is 13.5. The molecule has 0 aliphatic carbocycles. The molecule has 4 heteroatoms. The maximum absolute atomic E-state index is 11.7. The van der Waals surface area contributed by atoms with Crippen LogP contribution < -0.4 is 0 Å². The van der Waals surface area contributed by atoms with Crippen molar-refractivity contribution in [3.63, 3.8) is 0 Å². The van der Waals surface area contributed by atoms with Crippen LogP contribution in [0.25, 0.3) is 0 Å². The van der Waals surface area contributed by atoms with Crippen LogP contribution in [0, 0.1) is 5.92 Å². The Morgan fingerprint density at radius 1 is 1.41 bits per heavy atom. The van der Waals surface area contributed by atoms with E-state index < -0.39 is 11.9 Å². The van der Waals surface area contributed by atoms with E-state index >= 15 is 0 Å². The molecule has 0 radical (unpaired) electrons. The van der Waals surface area contributed by atoms with Crippen molar-refractivity contribution in [1.29, 1.82) is 0 Å². The van der Waals surface area contributed by atoms with Crippen molar-refractivity contribution in [2.45, 2.75) is 39.5 Å². The summed E-state index contributed by atoms with van der Waals surface area (Å²) >= 11 is 0. The van der Waals surface area contributed by atoms with Gasteiger partial charge in [-0.15, -0.1) is 0 Å². The van der Waals surface area contributed by atoms with Crippen LogP contribution in [0.1, 0.15) is 50.1 Å². The van der Waals surface area contributed by atoms with Crippen LogP contribution in [0.15, 0.2) is 22.8 Å². The highest BCUT2D eigenvalue weighted by Gasteiger charge is 2.22. The van der Waals surface area contributed by atoms with Gasteiger partial charge in [0.1, 0.15) is 0 Å². The lowest BCUT2D eigenvalue weighted by Gasteiger charge is -2.11. The molecular weight excluding hydrogens is 220 g/mol. The van der Waals surface area contributed by atoms with Crippen LogP contribution in [-0.2, 0) is 9.53 Å². The van der Waals surface area contributed by atoms with Crippen LogP contribution in [0.2, 0.25) is 0 Å². The van der Waals surface area contributed by atoms with Crippen molar-refractivity contribution in [3.8, 4) is 0 Å². The summed E-state index contributed by atoms with van der Waals surface area (Å²) in [4.78, 5) is 23.2. The van der Waals surface area contributed by atoms with Gasteiger partial charge in [-0.2, -0.15) is 0 Å². The molecule has 1 aromatic heterocycles. The zero-order chi connectivity index (χ0) is 12.7. The summed E-state index contributed by atoms with van der Waals surface area (Å²) in [5.41, 5.74) is 0. The summed E-state index contributed by atoms with van der Waals surface area (Å²) in [6.07, 6.45) is 4.80. The maximum Gasteiger partial charge on any atom is 0.381 e. The Bertz CT molecular complexity index is 354. The number of hydrogen-bond donors (Lipinski definition) is 0. The Morgan fingerprint density at radius 2 is 2.18 bits per heavy atom. The van der Waals surface area contributed by atoms with Gasteiger partial charge < -0.3 is 9.15 Å². The zero-order valence-electron chi connectivity index (χ0n) is 10.3. The Kier molecular flexibility index (Phi) is 5.46. The number of unbranched alkanes of at least 4 members (excludes halogenated alkanes) is 1. The standard InChI is InChI=1S/C13H18O4/c1-3-5-7-10(4-2)12(14)17-13(15)11-8-6-9-16-11/h6,8-10H,3-5,7H2,1-2H3. The summed E-state index contributed by atoms with van der Waals surface area (Å²) in [6, 6.07) is 3.05. The monoisotopic (exact) mass is 238 g/mol. The molecule has 0 spiro atoms. The van der Waals surface area contributed by atoms with Gasteiger partial charge in [-0.1, -0.05) is 26.7 Å². The number of carbonyl (C=O) groups excluding carboxylic acids is 2. The molecule has 1 unspecified atom stereocenters. The molecule has 0 saturated carbocycles. The predicted octanol–water partition coefficient (Wildman–Crippen LogP) is 3.18. The van der Waals surface area contributed by atoms with Gasteiger partial charge in [-0.05, 0) is 25.0 Å². The maximum atomic E-state index is 11.7. The summed E-state index contributed by atoms with van der Waals surface area (Å²) in [5, 5.41) is 0. The predicted molar refractivity (Wildman–Crippen MR) is 62.4 cm³/mol. The second-order valence-corrected chi connectivity index (χ2v) is 3.93. The molecule has 0 saturated heterocycles. The highest BCUT2D eigenvalue weighted by molar-refractivity contribution is 5.95. The van der Waals surface area contributed by atoms with E-state index in [0.29, 0.717) is 6.42 Å². The second kappa shape index (κ2) is 6.89. The molecule has 1 aromatic rings. The molecule has 1 heterocycles. The van der Waals surface area contributed by atoms with E-state index in [9.17, 15) is 9.59 Å².